The van der Waals surface area contributed by atoms with Crippen molar-refractivity contribution in [1.29, 1.82) is 31.6 Å². The highest BCUT2D eigenvalue weighted by atomic mass is 19.1. The minimum atomic E-state index is -1.20. The van der Waals surface area contributed by atoms with E-state index in [1.54, 1.807) is 0 Å². The number of benzene rings is 5. The van der Waals surface area contributed by atoms with Gasteiger partial charge in [0.1, 0.15) is 23.8 Å². The average Bonchev–Trinajstić information content (AvgIpc) is 3.74. The maximum absolute atomic E-state index is 17.5. The number of nitrogens with zero attached hydrogens (tertiary/aromatic N) is 10. The van der Waals surface area contributed by atoms with Gasteiger partial charge < -0.3 is 0 Å². The fourth-order valence-corrected chi connectivity index (χ4v) is 7.38. The van der Waals surface area contributed by atoms with Gasteiger partial charge in [0.25, 0.3) is 0 Å². The third-order valence-corrected chi connectivity index (χ3v) is 9.81. The quantitative estimate of drug-likeness (QED) is 0.131. The summed E-state index contributed by atoms with van der Waals surface area (Å²) in [6, 6.07) is 31.0. The molecule has 5 aromatic rings. The van der Waals surface area contributed by atoms with E-state index >= 15 is 8.78 Å². The molecule has 0 radical (unpaired) electrons. The summed E-state index contributed by atoms with van der Waals surface area (Å²) < 4.78 is 35.1. The number of fused-ring (bicyclic) bond motifs is 2. The summed E-state index contributed by atoms with van der Waals surface area (Å²) in [4.78, 5) is 14.1. The van der Waals surface area contributed by atoms with Gasteiger partial charge in [0.2, 0.25) is 11.4 Å². The molecule has 7 rings (SSSR count). The molecule has 0 fully saturated rings. The van der Waals surface area contributed by atoms with E-state index in [0.717, 1.165) is 0 Å². The first-order valence-corrected chi connectivity index (χ1v) is 17.1. The number of halogens is 2. The molecule has 5 aromatic carbocycles. The van der Waals surface area contributed by atoms with Crippen LogP contribution >= 0.6 is 0 Å². The van der Waals surface area contributed by atoms with Crippen molar-refractivity contribution >= 4 is 45.1 Å². The van der Waals surface area contributed by atoms with Crippen LogP contribution in [0.1, 0.15) is 55.6 Å². The molecule has 0 atom stereocenters. The van der Waals surface area contributed by atoms with Crippen molar-refractivity contribution in [1.82, 2.24) is 0 Å². The van der Waals surface area contributed by atoms with E-state index in [-0.39, 0.29) is 89.3 Å². The van der Waals surface area contributed by atoms with Gasteiger partial charge in [-0.2, -0.15) is 31.6 Å². The first kappa shape index (κ1) is 38.1. The first-order valence-electron chi connectivity index (χ1n) is 17.1. The van der Waals surface area contributed by atoms with E-state index in [1.807, 2.05) is 36.4 Å². The number of hydrogen-bond acceptors (Lipinski definition) is 6. The third-order valence-electron chi connectivity index (χ3n) is 9.81. The summed E-state index contributed by atoms with van der Waals surface area (Å²) in [5.74, 6) is -2.39. The molecule has 0 aromatic heterocycles. The molecule has 60 heavy (non-hydrogen) atoms. The molecule has 0 aliphatic heterocycles. The Morgan fingerprint density at radius 3 is 1.40 bits per heavy atom. The van der Waals surface area contributed by atoms with Crippen LogP contribution in [0.3, 0.4) is 0 Å². The van der Waals surface area contributed by atoms with Crippen LogP contribution in [0.25, 0.3) is 75.3 Å². The smallest absolute Gasteiger partial charge is 0.231 e. The largest absolute Gasteiger partial charge is 0.239 e. The Bertz CT molecular complexity index is 3130. The van der Waals surface area contributed by atoms with E-state index in [4.69, 9.17) is 26.3 Å². The SMILES string of the molecule is [C-]#[N+]C1=C(F)/C(=C(/C#N)c2cc([N+]#[C-])cc([N+]#[C-])c2)c2c1c(-c1ccc(C#N)cc1)c1c(c2-c2ccc(C#N)cc2)C(C#N)=C(F)/C1=C(/[N+]#[C-])c1cc(C#N)cc(C#N)c1. The molecule has 0 bridgehead atoms. The fourth-order valence-electron chi connectivity index (χ4n) is 7.38. The summed E-state index contributed by atoms with van der Waals surface area (Å²) in [6.45, 7) is 31.9. The lowest BCUT2D eigenvalue weighted by molar-refractivity contribution is 0.682. The second kappa shape index (κ2) is 15.2. The molecule has 0 saturated carbocycles. The minimum absolute atomic E-state index is 0.0313. The molecule has 0 unspecified atom stereocenters. The molecule has 0 saturated heterocycles. The van der Waals surface area contributed by atoms with Crippen molar-refractivity contribution in [2.45, 2.75) is 0 Å². The Balaban J connectivity index is 1.83. The zero-order valence-corrected chi connectivity index (χ0v) is 30.3. The van der Waals surface area contributed by atoms with E-state index in [0.29, 0.717) is 0 Å². The van der Waals surface area contributed by atoms with Crippen molar-refractivity contribution in [3.8, 4) is 58.7 Å². The van der Waals surface area contributed by atoms with Crippen LogP contribution in [0, 0.1) is 94.3 Å². The van der Waals surface area contributed by atoms with Gasteiger partial charge in [0.05, 0.1) is 84.0 Å². The van der Waals surface area contributed by atoms with E-state index in [9.17, 15) is 31.6 Å². The molecule has 2 aliphatic rings. The van der Waals surface area contributed by atoms with Gasteiger partial charge in [-0.05, 0) is 87.0 Å². The standard InChI is InChI=1S/C48H14F2N10/c1-57-33-16-31(17-34(18-33)58-2)35(23-55)40-42-37(29-9-5-25(19-51)6-10-29)39-36(24-56)45(49)44(47(59-3)32-14-27(21-53)13-28(15-32)22-54)41(39)38(43(42)48(60-4)46(40)50)30-11-7-26(20-52)8-12-30/h5-18H/b40-35-,47-44+. The Morgan fingerprint density at radius 1 is 0.467 bits per heavy atom. The summed E-state index contributed by atoms with van der Waals surface area (Å²) in [7, 11) is 0. The van der Waals surface area contributed by atoms with Gasteiger partial charge >= 0.3 is 0 Å². The lowest BCUT2D eigenvalue weighted by atomic mass is 9.78. The molecule has 2 aliphatic carbocycles. The zero-order valence-electron chi connectivity index (χ0n) is 30.3. The molecule has 270 valence electrons. The maximum atomic E-state index is 17.5. The zero-order chi connectivity index (χ0) is 42.8. The number of nitriles is 6. The number of allylic oxidation sites excluding steroid dienone is 6. The normalized spacial score (nSPS) is 13.6. The molecule has 0 amide bonds. The fraction of sp³-hybridized carbons (Fsp3) is 0. The third kappa shape index (κ3) is 5.85. The van der Waals surface area contributed by atoms with Crippen LogP contribution in [0.4, 0.5) is 20.2 Å². The van der Waals surface area contributed by atoms with Crippen molar-refractivity contribution < 1.29 is 8.78 Å². The molecule has 10 nitrogen and oxygen atoms in total. The van der Waals surface area contributed by atoms with Crippen LogP contribution in [0.15, 0.2) is 96.6 Å². The van der Waals surface area contributed by atoms with Crippen LogP contribution in [0.2, 0.25) is 0 Å². The maximum Gasteiger partial charge on any atom is 0.231 e. The topological polar surface area (TPSA) is 160 Å². The Hall–Kier alpha value is -10.2. The Labute approximate surface area is 341 Å². The summed E-state index contributed by atoms with van der Waals surface area (Å²) in [6.07, 6.45) is 0. The molecular formula is C48H14F2N10. The van der Waals surface area contributed by atoms with Crippen LogP contribution in [-0.4, -0.2) is 0 Å². The molecule has 12 heteroatoms. The van der Waals surface area contributed by atoms with Gasteiger partial charge in [-0.25, -0.2) is 28.2 Å². The molecule has 0 N–H and O–H groups in total. The Kier molecular flexibility index (Phi) is 9.63. The van der Waals surface area contributed by atoms with E-state index < -0.39 is 45.3 Å². The highest BCUT2D eigenvalue weighted by molar-refractivity contribution is 6.24. The average molecular weight is 769 g/mol. The van der Waals surface area contributed by atoms with Crippen molar-refractivity contribution in [2.75, 3.05) is 0 Å². The van der Waals surface area contributed by atoms with Gasteiger partial charge in [-0.15, -0.1) is 0 Å². The van der Waals surface area contributed by atoms with Crippen molar-refractivity contribution in [3.05, 3.63) is 198 Å². The lowest BCUT2D eigenvalue weighted by Gasteiger charge is -2.24. The molecule has 0 heterocycles. The van der Waals surface area contributed by atoms with Gasteiger partial charge in [-0.1, -0.05) is 42.5 Å². The number of rotatable bonds is 4. The summed E-state index contributed by atoms with van der Waals surface area (Å²) >= 11 is 0. The first-order chi connectivity index (χ1) is 29.1. The predicted molar refractivity (Wildman–Crippen MR) is 216 cm³/mol. The minimum Gasteiger partial charge on any atom is -0.239 e. The molecular weight excluding hydrogens is 755 g/mol. The summed E-state index contributed by atoms with van der Waals surface area (Å²) in [5.41, 5.74) is -3.24. The van der Waals surface area contributed by atoms with Crippen molar-refractivity contribution in [2.24, 2.45) is 0 Å². The van der Waals surface area contributed by atoms with Gasteiger partial charge in [0.15, 0.2) is 11.4 Å². The lowest BCUT2D eigenvalue weighted by Crippen LogP contribution is -2.04. The monoisotopic (exact) mass is 768 g/mol. The van der Waals surface area contributed by atoms with E-state index in [2.05, 4.69) is 19.4 Å². The van der Waals surface area contributed by atoms with Crippen LogP contribution < -0.4 is 0 Å². The highest BCUT2D eigenvalue weighted by Gasteiger charge is 2.44. The second-order valence-electron chi connectivity index (χ2n) is 12.9. The van der Waals surface area contributed by atoms with Crippen molar-refractivity contribution in [3.63, 3.8) is 0 Å². The summed E-state index contributed by atoms with van der Waals surface area (Å²) in [5, 5.41) is 60.6. The molecule has 0 spiro atoms. The van der Waals surface area contributed by atoms with Gasteiger partial charge in [-0.3, -0.25) is 0 Å². The predicted octanol–water partition coefficient (Wildman–Crippen LogP) is 11.6. The van der Waals surface area contributed by atoms with Gasteiger partial charge in [0, 0.05) is 22.3 Å². The Morgan fingerprint density at radius 2 is 0.967 bits per heavy atom. The highest BCUT2D eigenvalue weighted by Crippen LogP contribution is 2.61. The van der Waals surface area contributed by atoms with Crippen LogP contribution in [-0.2, 0) is 0 Å². The number of hydrogen-bond donors (Lipinski definition) is 0. The van der Waals surface area contributed by atoms with Crippen LogP contribution in [0.5, 0.6) is 0 Å². The van der Waals surface area contributed by atoms with E-state index in [1.165, 1.54) is 84.9 Å². The second-order valence-corrected chi connectivity index (χ2v) is 12.9.